The number of carboxylic acids is 1. The van der Waals surface area contributed by atoms with Gasteiger partial charge in [-0.2, -0.15) is 8.78 Å². The number of aliphatic carboxylic acids is 1. The van der Waals surface area contributed by atoms with Gasteiger partial charge in [-0.25, -0.2) is 4.79 Å². The summed E-state index contributed by atoms with van der Waals surface area (Å²) in [4.78, 5) is 24.5. The Morgan fingerprint density at radius 2 is 1.93 bits per heavy atom. The Labute approximate surface area is 156 Å². The molecule has 27 heavy (non-hydrogen) atoms. The molecule has 1 aliphatic carbocycles. The standard InChI is InChI=1S/C19H23F2NO5/c1-11(23)22-10-13(8-15(22)18(24)25)12-6-7-16(27-19(20)21)17(9-12)26-14-4-2-3-5-14/h6-7,9,13-15,19H,2-5,8,10H2,1H3,(H,24,25)/t13?,15-/m1/s1. The highest BCUT2D eigenvalue weighted by Gasteiger charge is 2.39. The predicted octanol–water partition coefficient (Wildman–Crippen LogP) is 3.40. The van der Waals surface area contributed by atoms with Crippen LogP contribution in [0, 0.1) is 0 Å². The molecule has 8 heteroatoms. The fourth-order valence-electron chi connectivity index (χ4n) is 3.91. The van der Waals surface area contributed by atoms with Crippen molar-refractivity contribution in [2.24, 2.45) is 0 Å². The minimum Gasteiger partial charge on any atom is -0.487 e. The second kappa shape index (κ2) is 8.10. The van der Waals surface area contributed by atoms with Gasteiger partial charge in [-0.15, -0.1) is 0 Å². The maximum Gasteiger partial charge on any atom is 0.387 e. The molecule has 2 atom stereocenters. The Hall–Kier alpha value is -2.38. The molecular weight excluding hydrogens is 360 g/mol. The number of amides is 1. The highest BCUT2D eigenvalue weighted by molar-refractivity contribution is 5.83. The molecule has 1 aliphatic heterocycles. The van der Waals surface area contributed by atoms with Crippen LogP contribution in [0.5, 0.6) is 11.5 Å². The third-order valence-electron chi connectivity index (χ3n) is 5.24. The van der Waals surface area contributed by atoms with Crippen LogP contribution in [0.4, 0.5) is 8.78 Å². The minimum absolute atomic E-state index is 0.0307. The van der Waals surface area contributed by atoms with Crippen molar-refractivity contribution in [2.45, 2.75) is 63.7 Å². The third kappa shape index (κ3) is 4.48. The minimum atomic E-state index is -2.96. The zero-order valence-electron chi connectivity index (χ0n) is 15.1. The van der Waals surface area contributed by atoms with E-state index in [2.05, 4.69) is 4.74 Å². The van der Waals surface area contributed by atoms with Gasteiger partial charge < -0.3 is 19.5 Å². The maximum absolute atomic E-state index is 12.7. The molecule has 1 amide bonds. The molecule has 2 fully saturated rings. The molecule has 148 valence electrons. The van der Waals surface area contributed by atoms with Gasteiger partial charge in [-0.3, -0.25) is 4.79 Å². The molecule has 1 heterocycles. The van der Waals surface area contributed by atoms with Crippen LogP contribution < -0.4 is 9.47 Å². The highest BCUT2D eigenvalue weighted by Crippen LogP contribution is 2.39. The lowest BCUT2D eigenvalue weighted by molar-refractivity contribution is -0.147. The number of carboxylic acid groups (broad SMARTS) is 1. The summed E-state index contributed by atoms with van der Waals surface area (Å²) in [5, 5.41) is 9.36. The SMILES string of the molecule is CC(=O)N1CC(c2ccc(OC(F)F)c(OC3CCCC3)c2)C[C@@H]1C(=O)O. The van der Waals surface area contributed by atoms with E-state index in [1.165, 1.54) is 17.9 Å². The van der Waals surface area contributed by atoms with Crippen molar-refractivity contribution in [1.29, 1.82) is 0 Å². The van der Waals surface area contributed by atoms with Gasteiger partial charge >= 0.3 is 12.6 Å². The third-order valence-corrected chi connectivity index (χ3v) is 5.24. The zero-order chi connectivity index (χ0) is 19.6. The van der Waals surface area contributed by atoms with E-state index < -0.39 is 18.6 Å². The normalized spacial score (nSPS) is 23.0. The van der Waals surface area contributed by atoms with Gasteiger partial charge in [0.1, 0.15) is 6.04 Å². The second-order valence-corrected chi connectivity index (χ2v) is 7.07. The summed E-state index contributed by atoms with van der Waals surface area (Å²) in [6.07, 6.45) is 4.02. The summed E-state index contributed by atoms with van der Waals surface area (Å²) in [6, 6.07) is 3.82. The Bertz CT molecular complexity index is 683. The summed E-state index contributed by atoms with van der Waals surface area (Å²) in [5.74, 6) is -1.34. The van der Waals surface area contributed by atoms with Gasteiger partial charge in [0.05, 0.1) is 6.10 Å². The lowest BCUT2D eigenvalue weighted by Gasteiger charge is -2.20. The second-order valence-electron chi connectivity index (χ2n) is 7.07. The smallest absolute Gasteiger partial charge is 0.387 e. The predicted molar refractivity (Wildman–Crippen MR) is 92.1 cm³/mol. The van der Waals surface area contributed by atoms with Crippen LogP contribution in [0.2, 0.25) is 0 Å². The quantitative estimate of drug-likeness (QED) is 0.815. The van der Waals surface area contributed by atoms with Gasteiger partial charge in [-0.05, 0) is 49.8 Å². The number of carbonyl (C=O) groups is 2. The number of rotatable bonds is 6. The number of benzene rings is 1. The number of hydrogen-bond donors (Lipinski definition) is 1. The maximum atomic E-state index is 12.7. The van der Waals surface area contributed by atoms with Crippen molar-refractivity contribution in [3.8, 4) is 11.5 Å². The molecule has 6 nitrogen and oxygen atoms in total. The topological polar surface area (TPSA) is 76.1 Å². The summed E-state index contributed by atoms with van der Waals surface area (Å²) in [5.41, 5.74) is 0.750. The molecule has 0 radical (unpaired) electrons. The van der Waals surface area contributed by atoms with Crippen LogP contribution in [-0.2, 0) is 9.59 Å². The largest absolute Gasteiger partial charge is 0.487 e. The summed E-state index contributed by atoms with van der Waals surface area (Å²) >= 11 is 0. The number of nitrogens with zero attached hydrogens (tertiary/aromatic N) is 1. The molecule has 0 bridgehead atoms. The van der Waals surface area contributed by atoms with E-state index in [4.69, 9.17) is 4.74 Å². The van der Waals surface area contributed by atoms with E-state index in [0.29, 0.717) is 0 Å². The van der Waals surface area contributed by atoms with Gasteiger partial charge in [0.25, 0.3) is 0 Å². The summed E-state index contributed by atoms with van der Waals surface area (Å²) < 4.78 is 35.9. The molecule has 0 spiro atoms. The first-order valence-corrected chi connectivity index (χ1v) is 9.10. The Balaban J connectivity index is 1.84. The Morgan fingerprint density at radius 1 is 1.22 bits per heavy atom. The number of likely N-dealkylation sites (tertiary alicyclic amines) is 1. The highest BCUT2D eigenvalue weighted by atomic mass is 19.3. The fraction of sp³-hybridized carbons (Fsp3) is 0.579. The first kappa shape index (κ1) is 19.4. The molecule has 3 rings (SSSR count). The van der Waals surface area contributed by atoms with E-state index >= 15 is 0 Å². The fourth-order valence-corrected chi connectivity index (χ4v) is 3.91. The van der Waals surface area contributed by atoms with Crippen LogP contribution in [0.15, 0.2) is 18.2 Å². The van der Waals surface area contributed by atoms with E-state index in [0.717, 1.165) is 31.2 Å². The van der Waals surface area contributed by atoms with Crippen molar-refractivity contribution in [3.63, 3.8) is 0 Å². The molecule has 1 saturated carbocycles. The lowest BCUT2D eigenvalue weighted by atomic mass is 9.96. The summed E-state index contributed by atoms with van der Waals surface area (Å²) in [7, 11) is 0. The molecular formula is C19H23F2NO5. The molecule has 1 aromatic rings. The van der Waals surface area contributed by atoms with Gasteiger partial charge in [0, 0.05) is 19.4 Å². The van der Waals surface area contributed by atoms with E-state index in [9.17, 15) is 23.5 Å². The van der Waals surface area contributed by atoms with Gasteiger partial charge in [0.2, 0.25) is 5.91 Å². The molecule has 1 N–H and O–H groups in total. The monoisotopic (exact) mass is 383 g/mol. The molecule has 1 saturated heterocycles. The molecule has 1 aromatic carbocycles. The first-order valence-electron chi connectivity index (χ1n) is 9.10. The first-order chi connectivity index (χ1) is 12.8. The van der Waals surface area contributed by atoms with Crippen molar-refractivity contribution < 1.29 is 33.0 Å². The van der Waals surface area contributed by atoms with Crippen LogP contribution in [0.3, 0.4) is 0 Å². The number of carbonyl (C=O) groups excluding carboxylic acids is 1. The Kier molecular flexibility index (Phi) is 5.82. The van der Waals surface area contributed by atoms with E-state index in [1.54, 1.807) is 12.1 Å². The van der Waals surface area contributed by atoms with Gasteiger partial charge in [-0.1, -0.05) is 6.07 Å². The number of hydrogen-bond acceptors (Lipinski definition) is 4. The number of halogens is 2. The van der Waals surface area contributed by atoms with Gasteiger partial charge in [0.15, 0.2) is 11.5 Å². The average Bonchev–Trinajstić information content (AvgIpc) is 3.25. The zero-order valence-corrected chi connectivity index (χ0v) is 15.1. The summed E-state index contributed by atoms with van der Waals surface area (Å²) in [6.45, 7) is -1.35. The number of ether oxygens (including phenoxy) is 2. The molecule has 1 unspecified atom stereocenters. The van der Waals surface area contributed by atoms with Crippen LogP contribution in [-0.4, -0.2) is 47.2 Å². The van der Waals surface area contributed by atoms with Crippen molar-refractivity contribution in [3.05, 3.63) is 23.8 Å². The molecule has 2 aliphatic rings. The van der Waals surface area contributed by atoms with Crippen molar-refractivity contribution in [1.82, 2.24) is 4.90 Å². The average molecular weight is 383 g/mol. The van der Waals surface area contributed by atoms with Crippen molar-refractivity contribution >= 4 is 11.9 Å². The Morgan fingerprint density at radius 3 is 2.48 bits per heavy atom. The van der Waals surface area contributed by atoms with E-state index in [1.807, 2.05) is 0 Å². The molecule has 0 aromatic heterocycles. The van der Waals surface area contributed by atoms with Crippen LogP contribution in [0.25, 0.3) is 0 Å². The lowest BCUT2D eigenvalue weighted by Crippen LogP contribution is -2.39. The van der Waals surface area contributed by atoms with E-state index in [-0.39, 0.29) is 42.4 Å². The number of alkyl halides is 2. The van der Waals surface area contributed by atoms with Crippen LogP contribution in [0.1, 0.15) is 50.5 Å². The van der Waals surface area contributed by atoms with Crippen molar-refractivity contribution in [2.75, 3.05) is 6.54 Å². The van der Waals surface area contributed by atoms with Crippen LogP contribution >= 0.6 is 0 Å².